The fourth-order valence-corrected chi connectivity index (χ4v) is 3.92. The summed E-state index contributed by atoms with van der Waals surface area (Å²) in [6.07, 6.45) is 0. The van der Waals surface area contributed by atoms with Gasteiger partial charge in [0.25, 0.3) is 0 Å². The highest BCUT2D eigenvalue weighted by atomic mass is 32.1. The van der Waals surface area contributed by atoms with Crippen LogP contribution in [0, 0.1) is 0 Å². The minimum Gasteiger partial charge on any atom is -0.379 e. The molecule has 0 spiro atoms. The Hall–Kier alpha value is -1.48. The van der Waals surface area contributed by atoms with E-state index in [1.165, 1.54) is 5.56 Å². The van der Waals surface area contributed by atoms with Gasteiger partial charge in [-0.2, -0.15) is 11.3 Å². The third-order valence-electron chi connectivity index (χ3n) is 4.97. The van der Waals surface area contributed by atoms with Crippen LogP contribution >= 0.6 is 11.3 Å². The zero-order valence-electron chi connectivity index (χ0n) is 15.4. The van der Waals surface area contributed by atoms with E-state index < -0.39 is 0 Å². The predicted octanol–water partition coefficient (Wildman–Crippen LogP) is 0.183. The quantitative estimate of drug-likeness (QED) is 0.705. The molecule has 0 aliphatic carbocycles. The van der Waals surface area contributed by atoms with E-state index in [0.717, 1.165) is 26.2 Å². The molecule has 26 heavy (non-hydrogen) atoms. The molecule has 0 radical (unpaired) electrons. The second kappa shape index (κ2) is 9.45. The number of ether oxygens (including phenoxy) is 1. The number of thiophene rings is 1. The smallest absolute Gasteiger partial charge is 0.236 e. The first-order valence-electron chi connectivity index (χ1n) is 9.17. The molecular weight excluding hydrogens is 352 g/mol. The Balaban J connectivity index is 1.37. The summed E-state index contributed by atoms with van der Waals surface area (Å²) in [6.45, 7) is 7.55. The number of rotatable bonds is 6. The van der Waals surface area contributed by atoms with Gasteiger partial charge in [-0.25, -0.2) is 0 Å². The normalized spacial score (nSPS) is 19.5. The van der Waals surface area contributed by atoms with Crippen LogP contribution in [0.5, 0.6) is 0 Å². The Labute approximate surface area is 159 Å². The van der Waals surface area contributed by atoms with E-state index in [0.29, 0.717) is 45.9 Å². The molecule has 2 aliphatic rings. The lowest BCUT2D eigenvalue weighted by Gasteiger charge is -2.36. The van der Waals surface area contributed by atoms with Crippen molar-refractivity contribution in [3.8, 4) is 0 Å². The summed E-state index contributed by atoms with van der Waals surface area (Å²) in [7, 11) is 1.85. The molecule has 7 nitrogen and oxygen atoms in total. The first-order chi connectivity index (χ1) is 12.6. The summed E-state index contributed by atoms with van der Waals surface area (Å²) in [5.74, 6) is 0.316. The second-order valence-electron chi connectivity index (χ2n) is 6.93. The van der Waals surface area contributed by atoms with Gasteiger partial charge in [-0.3, -0.25) is 19.4 Å². The molecular formula is C18H28N4O3S. The van der Waals surface area contributed by atoms with Gasteiger partial charge in [-0.15, -0.1) is 0 Å². The van der Waals surface area contributed by atoms with Crippen molar-refractivity contribution in [2.24, 2.45) is 0 Å². The number of carbonyl (C=O) groups is 2. The first kappa shape index (κ1) is 19.3. The Morgan fingerprint density at radius 2 is 1.77 bits per heavy atom. The Bertz CT molecular complexity index is 581. The van der Waals surface area contributed by atoms with E-state index in [4.69, 9.17) is 4.74 Å². The fraction of sp³-hybridized carbons (Fsp3) is 0.667. The monoisotopic (exact) mass is 380 g/mol. The average Bonchev–Trinajstić information content (AvgIpc) is 3.16. The summed E-state index contributed by atoms with van der Waals surface area (Å²) >= 11 is 1.65. The Morgan fingerprint density at radius 1 is 1.08 bits per heavy atom. The SMILES string of the molecule is CN(Cc1ccsc1)C(=O)CN1CCN(C(=O)CN2CCOCC2)CC1. The van der Waals surface area contributed by atoms with Crippen LogP contribution in [0.4, 0.5) is 0 Å². The van der Waals surface area contributed by atoms with Crippen molar-refractivity contribution in [3.63, 3.8) is 0 Å². The van der Waals surface area contributed by atoms with Crippen LogP contribution in [0.3, 0.4) is 0 Å². The molecule has 0 unspecified atom stereocenters. The van der Waals surface area contributed by atoms with Crippen molar-refractivity contribution in [1.29, 1.82) is 0 Å². The molecule has 0 atom stereocenters. The van der Waals surface area contributed by atoms with Crippen molar-refractivity contribution >= 4 is 23.2 Å². The third-order valence-corrected chi connectivity index (χ3v) is 5.70. The van der Waals surface area contributed by atoms with Crippen LogP contribution in [-0.4, -0.2) is 104 Å². The van der Waals surface area contributed by atoms with Crippen LogP contribution in [0.15, 0.2) is 16.8 Å². The third kappa shape index (κ3) is 5.51. The highest BCUT2D eigenvalue weighted by Gasteiger charge is 2.25. The molecule has 144 valence electrons. The largest absolute Gasteiger partial charge is 0.379 e. The topological polar surface area (TPSA) is 56.3 Å². The van der Waals surface area contributed by atoms with E-state index in [9.17, 15) is 9.59 Å². The maximum absolute atomic E-state index is 12.4. The number of morpholine rings is 1. The molecule has 0 saturated carbocycles. The molecule has 2 amide bonds. The van der Waals surface area contributed by atoms with Gasteiger partial charge in [-0.1, -0.05) is 0 Å². The van der Waals surface area contributed by atoms with Crippen LogP contribution in [-0.2, 0) is 20.9 Å². The lowest BCUT2D eigenvalue weighted by molar-refractivity contribution is -0.136. The number of nitrogens with zero attached hydrogens (tertiary/aromatic N) is 4. The lowest BCUT2D eigenvalue weighted by Crippen LogP contribution is -2.53. The van der Waals surface area contributed by atoms with Gasteiger partial charge in [0.2, 0.25) is 11.8 Å². The first-order valence-corrected chi connectivity index (χ1v) is 10.1. The number of likely N-dealkylation sites (N-methyl/N-ethyl adjacent to an activating group) is 1. The van der Waals surface area contributed by atoms with Crippen molar-refractivity contribution < 1.29 is 14.3 Å². The van der Waals surface area contributed by atoms with Crippen LogP contribution < -0.4 is 0 Å². The van der Waals surface area contributed by atoms with Gasteiger partial charge in [0.1, 0.15) is 0 Å². The molecule has 8 heteroatoms. The zero-order valence-corrected chi connectivity index (χ0v) is 16.2. The van der Waals surface area contributed by atoms with Crippen molar-refractivity contribution in [1.82, 2.24) is 19.6 Å². The second-order valence-corrected chi connectivity index (χ2v) is 7.71. The van der Waals surface area contributed by atoms with Gasteiger partial charge in [0.15, 0.2) is 0 Å². The van der Waals surface area contributed by atoms with Crippen molar-refractivity contribution in [2.45, 2.75) is 6.54 Å². The van der Waals surface area contributed by atoms with Crippen LogP contribution in [0.25, 0.3) is 0 Å². The summed E-state index contributed by atoms with van der Waals surface area (Å²) in [5.41, 5.74) is 1.17. The number of carbonyl (C=O) groups excluding carboxylic acids is 2. The molecule has 0 N–H and O–H groups in total. The summed E-state index contributed by atoms with van der Waals surface area (Å²) < 4.78 is 5.32. The maximum atomic E-state index is 12.4. The van der Waals surface area contributed by atoms with E-state index in [1.807, 2.05) is 23.4 Å². The zero-order chi connectivity index (χ0) is 18.4. The van der Waals surface area contributed by atoms with Gasteiger partial charge in [0, 0.05) is 52.9 Å². The summed E-state index contributed by atoms with van der Waals surface area (Å²) in [6, 6.07) is 2.05. The molecule has 2 fully saturated rings. The molecule has 1 aromatic heterocycles. The molecule has 2 aliphatic heterocycles. The fourth-order valence-electron chi connectivity index (χ4n) is 3.26. The number of amides is 2. The average molecular weight is 381 g/mol. The highest BCUT2D eigenvalue weighted by molar-refractivity contribution is 7.07. The van der Waals surface area contributed by atoms with Crippen LogP contribution in [0.2, 0.25) is 0 Å². The van der Waals surface area contributed by atoms with Gasteiger partial charge in [-0.05, 0) is 22.4 Å². The molecule has 3 heterocycles. The highest BCUT2D eigenvalue weighted by Crippen LogP contribution is 2.10. The van der Waals surface area contributed by atoms with Gasteiger partial charge < -0.3 is 14.5 Å². The van der Waals surface area contributed by atoms with Gasteiger partial charge >= 0.3 is 0 Å². The van der Waals surface area contributed by atoms with Gasteiger partial charge in [0.05, 0.1) is 26.3 Å². The summed E-state index contributed by atoms with van der Waals surface area (Å²) in [4.78, 5) is 32.8. The Morgan fingerprint density at radius 3 is 2.42 bits per heavy atom. The number of hydrogen-bond acceptors (Lipinski definition) is 6. The van der Waals surface area contributed by atoms with E-state index >= 15 is 0 Å². The maximum Gasteiger partial charge on any atom is 0.236 e. The van der Waals surface area contributed by atoms with E-state index in [-0.39, 0.29) is 11.8 Å². The van der Waals surface area contributed by atoms with Crippen molar-refractivity contribution in [2.75, 3.05) is 72.6 Å². The standard InChI is InChI=1S/C18H28N4O3S/c1-19(12-16-2-11-26-15-16)17(23)13-20-3-5-22(6-4-20)18(24)14-21-7-9-25-10-8-21/h2,11,15H,3-10,12-14H2,1H3. The lowest BCUT2D eigenvalue weighted by atomic mass is 10.2. The van der Waals surface area contributed by atoms with Crippen molar-refractivity contribution in [3.05, 3.63) is 22.4 Å². The predicted molar refractivity (Wildman–Crippen MR) is 101 cm³/mol. The molecule has 1 aromatic rings. The summed E-state index contributed by atoms with van der Waals surface area (Å²) in [5, 5.41) is 4.10. The van der Waals surface area contributed by atoms with E-state index in [1.54, 1.807) is 16.2 Å². The molecule has 2 saturated heterocycles. The minimum absolute atomic E-state index is 0.129. The molecule has 0 bridgehead atoms. The minimum atomic E-state index is 0.129. The van der Waals surface area contributed by atoms with E-state index in [2.05, 4.69) is 15.2 Å². The molecule has 3 rings (SSSR count). The number of hydrogen-bond donors (Lipinski definition) is 0. The Kier molecular flexibility index (Phi) is 7.01. The number of piperazine rings is 1. The van der Waals surface area contributed by atoms with Crippen LogP contribution in [0.1, 0.15) is 5.56 Å². The molecule has 0 aromatic carbocycles.